The fourth-order valence-corrected chi connectivity index (χ4v) is 3.78. The van der Waals surface area contributed by atoms with Crippen LogP contribution in [0.15, 0.2) is 18.3 Å². The SMILES string of the molecule is CNc1cc([C@@H]2CCCN2C(=O)CC2CCCC2)ccn1. The third kappa shape index (κ3) is 3.20. The summed E-state index contributed by atoms with van der Waals surface area (Å²) < 4.78 is 0. The second-order valence-electron chi connectivity index (χ2n) is 6.32. The Morgan fingerprint density at radius 1 is 1.33 bits per heavy atom. The molecule has 1 aliphatic carbocycles. The van der Waals surface area contributed by atoms with Gasteiger partial charge in [0, 0.05) is 26.2 Å². The Balaban J connectivity index is 1.70. The predicted octanol–water partition coefficient (Wildman–Crippen LogP) is 3.37. The highest BCUT2D eigenvalue weighted by Crippen LogP contribution is 2.35. The number of rotatable bonds is 4. The van der Waals surface area contributed by atoms with Gasteiger partial charge in [-0.3, -0.25) is 4.79 Å². The summed E-state index contributed by atoms with van der Waals surface area (Å²) >= 11 is 0. The minimum Gasteiger partial charge on any atom is -0.373 e. The summed E-state index contributed by atoms with van der Waals surface area (Å²) in [6.45, 7) is 0.910. The zero-order valence-corrected chi connectivity index (χ0v) is 12.8. The van der Waals surface area contributed by atoms with Crippen LogP contribution in [-0.2, 0) is 4.79 Å². The number of likely N-dealkylation sites (tertiary alicyclic amines) is 1. The molecule has 2 fully saturated rings. The van der Waals surface area contributed by atoms with Gasteiger partial charge >= 0.3 is 0 Å². The molecule has 21 heavy (non-hydrogen) atoms. The average molecular weight is 287 g/mol. The van der Waals surface area contributed by atoms with Gasteiger partial charge in [0.15, 0.2) is 0 Å². The van der Waals surface area contributed by atoms with Gasteiger partial charge in [0.05, 0.1) is 6.04 Å². The standard InChI is InChI=1S/C17H25N3O/c1-18-16-12-14(8-9-19-16)15-7-4-10-20(15)17(21)11-13-5-2-3-6-13/h8-9,12-13,15H,2-7,10-11H2,1H3,(H,18,19)/t15-/m0/s1. The van der Waals surface area contributed by atoms with Crippen LogP contribution in [0.25, 0.3) is 0 Å². The molecule has 0 unspecified atom stereocenters. The number of hydrogen-bond acceptors (Lipinski definition) is 3. The molecule has 114 valence electrons. The van der Waals surface area contributed by atoms with Crippen LogP contribution in [0.2, 0.25) is 0 Å². The molecule has 1 aromatic rings. The number of aromatic nitrogens is 1. The molecule has 3 rings (SSSR count). The van der Waals surface area contributed by atoms with Gasteiger partial charge in [0.1, 0.15) is 5.82 Å². The number of nitrogens with one attached hydrogen (secondary N) is 1. The van der Waals surface area contributed by atoms with Crippen molar-refractivity contribution in [2.75, 3.05) is 18.9 Å². The van der Waals surface area contributed by atoms with Crippen molar-refractivity contribution in [3.8, 4) is 0 Å². The summed E-state index contributed by atoms with van der Waals surface area (Å²) in [4.78, 5) is 19.0. The van der Waals surface area contributed by atoms with E-state index in [9.17, 15) is 4.79 Å². The lowest BCUT2D eigenvalue weighted by Gasteiger charge is -2.26. The highest BCUT2D eigenvalue weighted by molar-refractivity contribution is 5.77. The number of carbonyl (C=O) groups excluding carboxylic acids is 1. The average Bonchev–Trinajstić information content (AvgIpc) is 3.18. The van der Waals surface area contributed by atoms with Gasteiger partial charge < -0.3 is 10.2 Å². The smallest absolute Gasteiger partial charge is 0.223 e. The number of amides is 1. The largest absolute Gasteiger partial charge is 0.373 e. The Labute approximate surface area is 126 Å². The van der Waals surface area contributed by atoms with E-state index < -0.39 is 0 Å². The Kier molecular flexibility index (Phi) is 4.42. The summed E-state index contributed by atoms with van der Waals surface area (Å²) in [6, 6.07) is 4.37. The number of nitrogens with zero attached hydrogens (tertiary/aromatic N) is 2. The first-order valence-corrected chi connectivity index (χ1v) is 8.21. The van der Waals surface area contributed by atoms with Crippen LogP contribution in [0.5, 0.6) is 0 Å². The third-order valence-corrected chi connectivity index (χ3v) is 4.94. The van der Waals surface area contributed by atoms with Crippen molar-refractivity contribution in [1.29, 1.82) is 0 Å². The molecule has 1 N–H and O–H groups in total. The third-order valence-electron chi connectivity index (χ3n) is 4.94. The molecule has 1 aliphatic heterocycles. The van der Waals surface area contributed by atoms with Crippen LogP contribution in [0.4, 0.5) is 5.82 Å². The maximum Gasteiger partial charge on any atom is 0.223 e. The van der Waals surface area contributed by atoms with Crippen molar-refractivity contribution < 1.29 is 4.79 Å². The molecule has 1 amide bonds. The molecule has 1 saturated carbocycles. The lowest BCUT2D eigenvalue weighted by molar-refractivity contribution is -0.133. The monoisotopic (exact) mass is 287 g/mol. The summed E-state index contributed by atoms with van der Waals surface area (Å²) in [5.41, 5.74) is 1.21. The maximum atomic E-state index is 12.6. The van der Waals surface area contributed by atoms with Gasteiger partial charge in [-0.2, -0.15) is 0 Å². The molecule has 4 heteroatoms. The number of hydrogen-bond donors (Lipinski definition) is 1. The maximum absolute atomic E-state index is 12.6. The van der Waals surface area contributed by atoms with Crippen molar-refractivity contribution in [2.24, 2.45) is 5.92 Å². The quantitative estimate of drug-likeness (QED) is 0.923. The molecule has 0 aromatic carbocycles. The number of pyridine rings is 1. The van der Waals surface area contributed by atoms with Crippen molar-refractivity contribution >= 4 is 11.7 Å². The van der Waals surface area contributed by atoms with Gasteiger partial charge in [-0.25, -0.2) is 4.98 Å². The molecule has 0 spiro atoms. The zero-order chi connectivity index (χ0) is 14.7. The van der Waals surface area contributed by atoms with E-state index in [1.54, 1.807) is 0 Å². The van der Waals surface area contributed by atoms with Gasteiger partial charge in [-0.05, 0) is 49.3 Å². The summed E-state index contributed by atoms with van der Waals surface area (Å²) in [7, 11) is 1.88. The van der Waals surface area contributed by atoms with E-state index in [1.165, 1.54) is 31.2 Å². The van der Waals surface area contributed by atoms with E-state index in [-0.39, 0.29) is 6.04 Å². The Bertz CT molecular complexity index is 497. The van der Waals surface area contributed by atoms with E-state index in [0.717, 1.165) is 31.6 Å². The van der Waals surface area contributed by atoms with Crippen molar-refractivity contribution in [2.45, 2.75) is 51.0 Å². The predicted molar refractivity (Wildman–Crippen MR) is 84.0 cm³/mol. The molecule has 4 nitrogen and oxygen atoms in total. The van der Waals surface area contributed by atoms with E-state index in [2.05, 4.69) is 21.3 Å². The number of carbonyl (C=O) groups is 1. The molecule has 1 aromatic heterocycles. The fraction of sp³-hybridized carbons (Fsp3) is 0.647. The van der Waals surface area contributed by atoms with E-state index in [4.69, 9.17) is 0 Å². The first kappa shape index (κ1) is 14.4. The van der Waals surface area contributed by atoms with Gasteiger partial charge in [0.2, 0.25) is 5.91 Å². The van der Waals surface area contributed by atoms with Crippen LogP contribution >= 0.6 is 0 Å². The summed E-state index contributed by atoms with van der Waals surface area (Å²) in [5, 5.41) is 3.08. The van der Waals surface area contributed by atoms with E-state index in [1.807, 2.05) is 19.3 Å². The molecule has 2 heterocycles. The lowest BCUT2D eigenvalue weighted by Crippen LogP contribution is -2.31. The van der Waals surface area contributed by atoms with Crippen LogP contribution in [0.1, 0.15) is 56.6 Å². The summed E-state index contributed by atoms with van der Waals surface area (Å²) in [6.07, 6.45) is 9.85. The van der Waals surface area contributed by atoms with Crippen LogP contribution < -0.4 is 5.32 Å². The topological polar surface area (TPSA) is 45.2 Å². The van der Waals surface area contributed by atoms with E-state index >= 15 is 0 Å². The molecule has 2 aliphatic rings. The summed E-state index contributed by atoms with van der Waals surface area (Å²) in [5.74, 6) is 1.86. The molecule has 1 atom stereocenters. The Hall–Kier alpha value is -1.58. The zero-order valence-electron chi connectivity index (χ0n) is 12.8. The molecular weight excluding hydrogens is 262 g/mol. The van der Waals surface area contributed by atoms with Crippen molar-refractivity contribution in [3.63, 3.8) is 0 Å². The second kappa shape index (κ2) is 6.46. The van der Waals surface area contributed by atoms with E-state index in [0.29, 0.717) is 11.8 Å². The van der Waals surface area contributed by atoms with Crippen molar-refractivity contribution in [1.82, 2.24) is 9.88 Å². The molecule has 0 radical (unpaired) electrons. The number of anilines is 1. The van der Waals surface area contributed by atoms with Crippen LogP contribution in [0, 0.1) is 5.92 Å². The second-order valence-corrected chi connectivity index (χ2v) is 6.32. The normalized spacial score (nSPS) is 22.7. The van der Waals surface area contributed by atoms with Crippen LogP contribution in [0.3, 0.4) is 0 Å². The fourth-order valence-electron chi connectivity index (χ4n) is 3.78. The molecule has 0 bridgehead atoms. The van der Waals surface area contributed by atoms with Crippen LogP contribution in [-0.4, -0.2) is 29.4 Å². The lowest BCUT2D eigenvalue weighted by atomic mass is 10.0. The molecule has 1 saturated heterocycles. The Morgan fingerprint density at radius 3 is 2.90 bits per heavy atom. The highest BCUT2D eigenvalue weighted by Gasteiger charge is 2.31. The van der Waals surface area contributed by atoms with Gasteiger partial charge in [0.25, 0.3) is 0 Å². The first-order valence-electron chi connectivity index (χ1n) is 8.21. The minimum atomic E-state index is 0.244. The molecular formula is C17H25N3O. The van der Waals surface area contributed by atoms with Gasteiger partial charge in [-0.15, -0.1) is 0 Å². The van der Waals surface area contributed by atoms with Gasteiger partial charge in [-0.1, -0.05) is 12.8 Å². The Morgan fingerprint density at radius 2 is 2.14 bits per heavy atom. The highest BCUT2D eigenvalue weighted by atomic mass is 16.2. The van der Waals surface area contributed by atoms with Crippen molar-refractivity contribution in [3.05, 3.63) is 23.9 Å². The first-order chi connectivity index (χ1) is 10.3. The minimum absolute atomic E-state index is 0.244.